The zero-order chi connectivity index (χ0) is 22.4. The van der Waals surface area contributed by atoms with Crippen LogP contribution in [0.3, 0.4) is 0 Å². The average molecular weight is 440 g/mol. The minimum atomic E-state index is -4.03. The summed E-state index contributed by atoms with van der Waals surface area (Å²) in [7, 11) is -2.65. The smallest absolute Gasteiger partial charge is 0.339 e. The molecule has 0 aromatic heterocycles. The Hall–Kier alpha value is -3.85. The van der Waals surface area contributed by atoms with E-state index in [2.05, 4.69) is 10.5 Å². The molecule has 31 heavy (non-hydrogen) atoms. The molecule has 0 atom stereocenters. The summed E-state index contributed by atoms with van der Waals surface area (Å²) in [6, 6.07) is 16.6. The van der Waals surface area contributed by atoms with Crippen LogP contribution in [-0.4, -0.2) is 32.8 Å². The Morgan fingerprint density at radius 2 is 1.77 bits per heavy atom. The van der Waals surface area contributed by atoms with Crippen molar-refractivity contribution in [1.29, 1.82) is 0 Å². The number of methoxy groups -OCH3 is 1. The number of hydrazone groups is 1. The van der Waals surface area contributed by atoms with Crippen LogP contribution >= 0.6 is 0 Å². The summed E-state index contributed by atoms with van der Waals surface area (Å²) in [4.78, 5) is 12.1. The number of nitrogens with one attached hydrogen (secondary N) is 1. The number of amides is 1. The summed E-state index contributed by atoms with van der Waals surface area (Å²) in [6.45, 7) is 1.85. The number of rotatable bonds is 7. The molecule has 8 nitrogen and oxygen atoms in total. The van der Waals surface area contributed by atoms with E-state index in [-0.39, 0.29) is 27.7 Å². The SMILES string of the molecule is COc1cc(/C=N/NC(=O)c2cccc(O)c2)ccc1OS(=O)(=O)c1ccc(C)cc1. The van der Waals surface area contributed by atoms with Crippen molar-refractivity contribution in [3.63, 3.8) is 0 Å². The molecule has 0 fully saturated rings. The maximum Gasteiger partial charge on any atom is 0.339 e. The number of aryl methyl sites for hydroxylation is 1. The highest BCUT2D eigenvalue weighted by molar-refractivity contribution is 7.87. The zero-order valence-corrected chi connectivity index (χ0v) is 17.6. The van der Waals surface area contributed by atoms with Gasteiger partial charge in [0.15, 0.2) is 11.5 Å². The number of benzene rings is 3. The molecule has 0 aliphatic carbocycles. The number of aromatic hydroxyl groups is 1. The van der Waals surface area contributed by atoms with Crippen molar-refractivity contribution in [1.82, 2.24) is 5.43 Å². The van der Waals surface area contributed by atoms with Gasteiger partial charge in [0.05, 0.1) is 13.3 Å². The molecule has 160 valence electrons. The van der Waals surface area contributed by atoms with Gasteiger partial charge < -0.3 is 14.0 Å². The van der Waals surface area contributed by atoms with Gasteiger partial charge in [0.2, 0.25) is 0 Å². The summed E-state index contributed by atoms with van der Waals surface area (Å²) >= 11 is 0. The van der Waals surface area contributed by atoms with Gasteiger partial charge in [-0.05, 0) is 61.0 Å². The number of carbonyl (C=O) groups excluding carboxylic acids is 1. The molecular weight excluding hydrogens is 420 g/mol. The topological polar surface area (TPSA) is 114 Å². The fourth-order valence-electron chi connectivity index (χ4n) is 2.58. The predicted octanol–water partition coefficient (Wildman–Crippen LogP) is 3.24. The van der Waals surface area contributed by atoms with Crippen molar-refractivity contribution >= 4 is 22.2 Å². The summed E-state index contributed by atoms with van der Waals surface area (Å²) in [5, 5.41) is 13.3. The quantitative estimate of drug-likeness (QED) is 0.331. The molecule has 2 N–H and O–H groups in total. The number of nitrogens with zero attached hydrogens (tertiary/aromatic N) is 1. The lowest BCUT2D eigenvalue weighted by Crippen LogP contribution is -2.17. The molecular formula is C22H20N2O6S. The van der Waals surface area contributed by atoms with Gasteiger partial charge in [-0.2, -0.15) is 13.5 Å². The highest BCUT2D eigenvalue weighted by atomic mass is 32.2. The first-order valence-corrected chi connectivity index (χ1v) is 10.5. The lowest BCUT2D eigenvalue weighted by molar-refractivity contribution is 0.0954. The molecule has 0 aliphatic heterocycles. The molecule has 3 aromatic carbocycles. The van der Waals surface area contributed by atoms with Gasteiger partial charge in [-0.15, -0.1) is 0 Å². The van der Waals surface area contributed by atoms with E-state index in [1.165, 1.54) is 55.8 Å². The van der Waals surface area contributed by atoms with Crippen LogP contribution < -0.4 is 14.3 Å². The van der Waals surface area contributed by atoms with Crippen LogP contribution in [0.1, 0.15) is 21.5 Å². The Morgan fingerprint density at radius 3 is 2.45 bits per heavy atom. The number of phenols is 1. The molecule has 0 bridgehead atoms. The lowest BCUT2D eigenvalue weighted by Gasteiger charge is -2.11. The van der Waals surface area contributed by atoms with Crippen LogP contribution in [0.2, 0.25) is 0 Å². The second-order valence-corrected chi connectivity index (χ2v) is 8.06. The highest BCUT2D eigenvalue weighted by Crippen LogP contribution is 2.30. The molecule has 0 saturated carbocycles. The first kappa shape index (κ1) is 21.8. The van der Waals surface area contributed by atoms with Gasteiger partial charge in [0.1, 0.15) is 10.6 Å². The van der Waals surface area contributed by atoms with E-state index in [4.69, 9.17) is 8.92 Å². The van der Waals surface area contributed by atoms with E-state index in [1.54, 1.807) is 24.3 Å². The van der Waals surface area contributed by atoms with Crippen molar-refractivity contribution in [3.8, 4) is 17.2 Å². The molecule has 0 saturated heterocycles. The number of hydrogen-bond donors (Lipinski definition) is 2. The van der Waals surface area contributed by atoms with E-state index in [0.717, 1.165) is 5.56 Å². The number of hydrogen-bond acceptors (Lipinski definition) is 7. The van der Waals surface area contributed by atoms with Gasteiger partial charge in [0.25, 0.3) is 5.91 Å². The largest absolute Gasteiger partial charge is 0.508 e. The Morgan fingerprint density at radius 1 is 1.03 bits per heavy atom. The maximum absolute atomic E-state index is 12.5. The number of ether oxygens (including phenoxy) is 1. The van der Waals surface area contributed by atoms with E-state index in [1.807, 2.05) is 6.92 Å². The van der Waals surface area contributed by atoms with Gasteiger partial charge in [-0.1, -0.05) is 23.8 Å². The lowest BCUT2D eigenvalue weighted by atomic mass is 10.2. The molecule has 0 heterocycles. The summed E-state index contributed by atoms with van der Waals surface area (Å²) in [5.41, 5.74) is 4.05. The van der Waals surface area contributed by atoms with E-state index in [0.29, 0.717) is 5.56 Å². The monoisotopic (exact) mass is 440 g/mol. The molecule has 9 heteroatoms. The first-order valence-electron chi connectivity index (χ1n) is 9.10. The Kier molecular flexibility index (Phi) is 6.56. The van der Waals surface area contributed by atoms with Crippen LogP contribution in [0.25, 0.3) is 0 Å². The summed E-state index contributed by atoms with van der Waals surface area (Å²) in [5.74, 6) is -0.330. The van der Waals surface area contributed by atoms with Crippen LogP contribution in [-0.2, 0) is 10.1 Å². The Balaban J connectivity index is 1.73. The van der Waals surface area contributed by atoms with Crippen molar-refractivity contribution < 1.29 is 27.2 Å². The van der Waals surface area contributed by atoms with Crippen molar-refractivity contribution in [3.05, 3.63) is 83.4 Å². The van der Waals surface area contributed by atoms with Gasteiger partial charge >= 0.3 is 10.1 Å². The van der Waals surface area contributed by atoms with Crippen LogP contribution in [0.15, 0.2) is 76.7 Å². The zero-order valence-electron chi connectivity index (χ0n) is 16.8. The van der Waals surface area contributed by atoms with Crippen molar-refractivity contribution in [2.24, 2.45) is 5.10 Å². The second-order valence-electron chi connectivity index (χ2n) is 6.51. The normalized spacial score (nSPS) is 11.3. The van der Waals surface area contributed by atoms with Gasteiger partial charge in [-0.3, -0.25) is 4.79 Å². The van der Waals surface area contributed by atoms with E-state index >= 15 is 0 Å². The fourth-order valence-corrected chi connectivity index (χ4v) is 3.52. The number of phenolic OH excluding ortho intramolecular Hbond substituents is 1. The third-order valence-electron chi connectivity index (χ3n) is 4.18. The Labute approximate surface area is 179 Å². The van der Waals surface area contributed by atoms with Crippen molar-refractivity contribution in [2.75, 3.05) is 7.11 Å². The van der Waals surface area contributed by atoms with Crippen LogP contribution in [0.4, 0.5) is 0 Å². The van der Waals surface area contributed by atoms with Gasteiger partial charge in [0, 0.05) is 5.56 Å². The summed E-state index contributed by atoms with van der Waals surface area (Å²) in [6.07, 6.45) is 1.36. The average Bonchev–Trinajstić information content (AvgIpc) is 2.74. The van der Waals surface area contributed by atoms with Crippen LogP contribution in [0, 0.1) is 6.92 Å². The molecule has 0 spiro atoms. The van der Waals surface area contributed by atoms with Gasteiger partial charge in [-0.25, -0.2) is 5.43 Å². The fraction of sp³-hybridized carbons (Fsp3) is 0.0909. The van der Waals surface area contributed by atoms with E-state index in [9.17, 15) is 18.3 Å². The standard InChI is InChI=1S/C22H20N2O6S/c1-15-6-9-19(10-7-15)31(27,28)30-20-11-8-16(12-21(20)29-2)14-23-24-22(26)17-4-3-5-18(25)13-17/h3-14,25H,1-2H3,(H,24,26)/b23-14+. The maximum atomic E-state index is 12.5. The molecule has 3 rings (SSSR count). The molecule has 0 radical (unpaired) electrons. The highest BCUT2D eigenvalue weighted by Gasteiger charge is 2.19. The second kappa shape index (κ2) is 9.31. The molecule has 0 aliphatic rings. The predicted molar refractivity (Wildman–Crippen MR) is 115 cm³/mol. The molecule has 1 amide bonds. The third kappa shape index (κ3) is 5.61. The minimum absolute atomic E-state index is 0.0176. The Bertz CT molecular complexity index is 1220. The first-order chi connectivity index (χ1) is 14.8. The number of carbonyl (C=O) groups is 1. The van der Waals surface area contributed by atoms with Crippen molar-refractivity contribution in [2.45, 2.75) is 11.8 Å². The minimum Gasteiger partial charge on any atom is -0.508 e. The molecule has 0 unspecified atom stereocenters. The molecule has 3 aromatic rings. The summed E-state index contributed by atoms with van der Waals surface area (Å²) < 4.78 is 35.5. The third-order valence-corrected chi connectivity index (χ3v) is 5.43. The van der Waals surface area contributed by atoms with Crippen LogP contribution in [0.5, 0.6) is 17.2 Å². The van der Waals surface area contributed by atoms with E-state index < -0.39 is 16.0 Å².